The highest BCUT2D eigenvalue weighted by atomic mass is 16.5. The Morgan fingerprint density at radius 2 is 2.05 bits per heavy atom. The van der Waals surface area contributed by atoms with Crippen molar-refractivity contribution in [3.05, 3.63) is 47.7 Å². The quantitative estimate of drug-likeness (QED) is 0.281. The Labute approximate surface area is 219 Å². The summed E-state index contributed by atoms with van der Waals surface area (Å²) in [6.07, 6.45) is 5.79. The third-order valence-corrected chi connectivity index (χ3v) is 7.15. The zero-order valence-electron chi connectivity index (χ0n) is 22.2. The van der Waals surface area contributed by atoms with Gasteiger partial charge < -0.3 is 29.9 Å². The van der Waals surface area contributed by atoms with Crippen LogP contribution in [0.5, 0.6) is 0 Å². The molecule has 1 aliphatic rings. The molecule has 0 amide bonds. The fraction of sp³-hybridized carbons (Fsp3) is 0.536. The number of ether oxygens (including phenoxy) is 1. The number of para-hydroxylation sites is 2. The maximum absolute atomic E-state index is 12.1. The lowest BCUT2D eigenvalue weighted by Gasteiger charge is -2.26. The highest BCUT2D eigenvalue weighted by Gasteiger charge is 2.22. The van der Waals surface area contributed by atoms with Gasteiger partial charge in [0.15, 0.2) is 0 Å². The average molecular weight is 509 g/mol. The number of carboxylic acids is 1. The summed E-state index contributed by atoms with van der Waals surface area (Å²) in [5.74, 6) is 0.739. The molecule has 3 heterocycles. The molecule has 9 nitrogen and oxygen atoms in total. The van der Waals surface area contributed by atoms with Crippen molar-refractivity contribution in [2.24, 2.45) is 7.05 Å². The van der Waals surface area contributed by atoms with Crippen LogP contribution < -0.4 is 10.6 Å². The minimum absolute atomic E-state index is 0.0736. The predicted molar refractivity (Wildman–Crippen MR) is 147 cm³/mol. The van der Waals surface area contributed by atoms with Crippen molar-refractivity contribution in [3.63, 3.8) is 0 Å². The van der Waals surface area contributed by atoms with E-state index in [4.69, 9.17) is 9.72 Å². The number of aromatic nitrogens is 3. The van der Waals surface area contributed by atoms with Crippen LogP contribution in [0, 0.1) is 0 Å². The van der Waals surface area contributed by atoms with Gasteiger partial charge >= 0.3 is 5.97 Å². The molecule has 200 valence electrons. The highest BCUT2D eigenvalue weighted by Crippen LogP contribution is 2.21. The Morgan fingerprint density at radius 3 is 2.84 bits per heavy atom. The van der Waals surface area contributed by atoms with Crippen LogP contribution in [0.25, 0.3) is 11.0 Å². The van der Waals surface area contributed by atoms with Gasteiger partial charge in [0.05, 0.1) is 17.1 Å². The zero-order chi connectivity index (χ0) is 26.2. The van der Waals surface area contributed by atoms with Crippen molar-refractivity contribution in [1.29, 1.82) is 0 Å². The maximum Gasteiger partial charge on any atom is 0.326 e. The van der Waals surface area contributed by atoms with Crippen LogP contribution in [0.3, 0.4) is 0 Å². The number of hydrogen-bond acceptors (Lipinski definition) is 7. The van der Waals surface area contributed by atoms with Gasteiger partial charge in [0.1, 0.15) is 11.9 Å². The summed E-state index contributed by atoms with van der Waals surface area (Å²) in [6.45, 7) is 5.34. The summed E-state index contributed by atoms with van der Waals surface area (Å²) in [4.78, 5) is 23.8. The van der Waals surface area contributed by atoms with Gasteiger partial charge in [0.2, 0.25) is 5.95 Å². The van der Waals surface area contributed by atoms with Crippen LogP contribution in [-0.4, -0.2) is 75.9 Å². The summed E-state index contributed by atoms with van der Waals surface area (Å²) in [6, 6.07) is 11.4. The molecule has 0 saturated carbocycles. The van der Waals surface area contributed by atoms with E-state index in [0.717, 1.165) is 67.9 Å². The minimum atomic E-state index is -0.876. The van der Waals surface area contributed by atoms with Crippen molar-refractivity contribution in [1.82, 2.24) is 19.4 Å². The molecule has 3 N–H and O–H groups in total. The van der Waals surface area contributed by atoms with Gasteiger partial charge in [0, 0.05) is 39.5 Å². The fourth-order valence-corrected chi connectivity index (χ4v) is 4.88. The first-order valence-electron chi connectivity index (χ1n) is 13.3. The smallest absolute Gasteiger partial charge is 0.326 e. The first-order chi connectivity index (χ1) is 17.9. The van der Waals surface area contributed by atoms with Crippen molar-refractivity contribution in [3.8, 4) is 0 Å². The third kappa shape index (κ3) is 7.20. The molecular formula is C28H40N6O3. The number of unbranched alkanes of at least 4 members (excludes halogenated alkanes) is 1. The lowest BCUT2D eigenvalue weighted by Crippen LogP contribution is -2.38. The minimum Gasteiger partial charge on any atom is -0.480 e. The lowest BCUT2D eigenvalue weighted by atomic mass is 10.1. The summed E-state index contributed by atoms with van der Waals surface area (Å²) in [5, 5.41) is 16.5. The van der Waals surface area contributed by atoms with Gasteiger partial charge in [-0.2, -0.15) is 0 Å². The van der Waals surface area contributed by atoms with E-state index >= 15 is 0 Å². The number of aliphatic carboxylic acids is 1. The lowest BCUT2D eigenvalue weighted by molar-refractivity contribution is -0.138. The van der Waals surface area contributed by atoms with E-state index in [1.54, 1.807) is 7.11 Å². The van der Waals surface area contributed by atoms with Crippen molar-refractivity contribution in [2.45, 2.75) is 57.6 Å². The van der Waals surface area contributed by atoms with E-state index in [9.17, 15) is 9.90 Å². The molecule has 0 fully saturated rings. The molecule has 2 aromatic heterocycles. The molecule has 0 spiro atoms. The van der Waals surface area contributed by atoms with Gasteiger partial charge in [0.25, 0.3) is 0 Å². The second-order valence-electron chi connectivity index (χ2n) is 9.95. The number of carboxylic acid groups (broad SMARTS) is 1. The molecule has 0 aliphatic carbocycles. The van der Waals surface area contributed by atoms with E-state index in [1.807, 2.05) is 42.8 Å². The van der Waals surface area contributed by atoms with Crippen molar-refractivity contribution in [2.75, 3.05) is 43.9 Å². The molecular weight excluding hydrogens is 468 g/mol. The Bertz CT molecular complexity index is 1180. The Balaban J connectivity index is 1.31. The second kappa shape index (κ2) is 12.9. The summed E-state index contributed by atoms with van der Waals surface area (Å²) < 4.78 is 7.41. The first kappa shape index (κ1) is 26.9. The van der Waals surface area contributed by atoms with E-state index in [1.165, 1.54) is 12.0 Å². The van der Waals surface area contributed by atoms with Gasteiger partial charge in [-0.25, -0.2) is 14.8 Å². The molecule has 37 heavy (non-hydrogen) atoms. The number of hydrogen-bond donors (Lipinski definition) is 3. The second-order valence-corrected chi connectivity index (χ2v) is 9.95. The van der Waals surface area contributed by atoms with E-state index in [-0.39, 0.29) is 6.10 Å². The summed E-state index contributed by atoms with van der Waals surface area (Å²) in [7, 11) is 3.61. The molecule has 1 aromatic carbocycles. The molecule has 0 saturated heterocycles. The Hall–Kier alpha value is -3.17. The number of rotatable bonds is 14. The fourth-order valence-electron chi connectivity index (χ4n) is 4.88. The highest BCUT2D eigenvalue weighted by molar-refractivity contribution is 5.81. The number of nitrogens with zero attached hydrogens (tertiary/aromatic N) is 4. The van der Waals surface area contributed by atoms with Crippen molar-refractivity contribution >= 4 is 28.8 Å². The standard InChI is InChI=1S/C28H40N6O3/c1-20(37-3)19-34(17-7-6-10-22-14-13-21-9-8-16-29-26(21)30-22)18-15-24(27(35)36)32-28-31-23-11-4-5-12-25(23)33(28)2/h4-5,11-14,20,24H,6-10,15-19H2,1-3H3,(H,29,30)(H,31,32)(H,35,36)/t20-,24+/m1/s1. The number of methoxy groups -OCH3 is 1. The predicted octanol–water partition coefficient (Wildman–Crippen LogP) is 3.94. The summed E-state index contributed by atoms with van der Waals surface area (Å²) in [5.41, 5.74) is 4.25. The van der Waals surface area contributed by atoms with E-state index < -0.39 is 12.0 Å². The Kier molecular flexibility index (Phi) is 9.35. The van der Waals surface area contributed by atoms with E-state index in [0.29, 0.717) is 18.9 Å². The molecule has 4 rings (SSSR count). The molecule has 1 aliphatic heterocycles. The van der Waals surface area contributed by atoms with Gasteiger partial charge in [-0.3, -0.25) is 0 Å². The van der Waals surface area contributed by atoms with Crippen LogP contribution in [0.4, 0.5) is 11.8 Å². The third-order valence-electron chi connectivity index (χ3n) is 7.15. The number of carbonyl (C=O) groups is 1. The van der Waals surface area contributed by atoms with Gasteiger partial charge in [-0.05, 0) is 75.8 Å². The number of aryl methyl sites for hydroxylation is 3. The van der Waals surface area contributed by atoms with Crippen LogP contribution in [-0.2, 0) is 29.4 Å². The van der Waals surface area contributed by atoms with Crippen LogP contribution in [0.15, 0.2) is 36.4 Å². The largest absolute Gasteiger partial charge is 0.480 e. The number of fused-ring (bicyclic) bond motifs is 2. The number of nitrogens with one attached hydrogen (secondary N) is 2. The maximum atomic E-state index is 12.1. The Morgan fingerprint density at radius 1 is 1.22 bits per heavy atom. The zero-order valence-corrected chi connectivity index (χ0v) is 22.2. The number of benzene rings is 1. The number of imidazole rings is 1. The van der Waals surface area contributed by atoms with Crippen molar-refractivity contribution < 1.29 is 14.6 Å². The number of anilines is 2. The van der Waals surface area contributed by atoms with E-state index in [2.05, 4.69) is 32.7 Å². The van der Waals surface area contributed by atoms with Crippen LogP contribution >= 0.6 is 0 Å². The van der Waals surface area contributed by atoms with Crippen LogP contribution in [0.2, 0.25) is 0 Å². The topological polar surface area (TPSA) is 105 Å². The molecule has 0 radical (unpaired) electrons. The molecule has 9 heteroatoms. The number of pyridine rings is 1. The molecule has 0 bridgehead atoms. The molecule has 0 unspecified atom stereocenters. The first-order valence-corrected chi connectivity index (χ1v) is 13.3. The average Bonchev–Trinajstić information content (AvgIpc) is 3.23. The monoisotopic (exact) mass is 508 g/mol. The van der Waals surface area contributed by atoms with Gasteiger partial charge in [-0.1, -0.05) is 18.2 Å². The molecule has 3 aromatic rings. The molecule has 2 atom stereocenters. The van der Waals surface area contributed by atoms with Crippen LogP contribution in [0.1, 0.15) is 43.9 Å². The summed E-state index contributed by atoms with van der Waals surface area (Å²) >= 11 is 0. The SMILES string of the molecule is CO[C@H](C)CN(CCCCc1ccc2c(n1)NCCC2)CC[C@H](Nc1nc2ccccc2n1C)C(=O)O. The van der Waals surface area contributed by atoms with Gasteiger partial charge in [-0.15, -0.1) is 0 Å². The normalized spacial score (nSPS) is 14.8.